The number of rotatable bonds is 12. The summed E-state index contributed by atoms with van der Waals surface area (Å²) in [6, 6.07) is 0.858. The zero-order chi connectivity index (χ0) is 19.2. The van der Waals surface area contributed by atoms with Gasteiger partial charge in [0, 0.05) is 12.7 Å². The van der Waals surface area contributed by atoms with Crippen LogP contribution in [0.5, 0.6) is 0 Å². The summed E-state index contributed by atoms with van der Waals surface area (Å²) in [6.07, 6.45) is 2.21. The Morgan fingerprint density at radius 1 is 0.708 bits per heavy atom. The molecule has 4 nitrogen and oxygen atoms in total. The van der Waals surface area contributed by atoms with Crippen LogP contribution in [0, 0.1) is 0 Å². The van der Waals surface area contributed by atoms with E-state index in [0.717, 1.165) is 25.5 Å². The fraction of sp³-hybridized carbons (Fsp3) is 1.00. The van der Waals surface area contributed by atoms with E-state index in [1.165, 1.54) is 0 Å². The maximum Gasteiger partial charge on any atom is 0.469 e. The minimum atomic E-state index is -2.70. The molecule has 0 aliphatic carbocycles. The second kappa shape index (κ2) is 9.59. The van der Waals surface area contributed by atoms with Gasteiger partial charge in [-0.2, -0.15) is 0 Å². The quantitative estimate of drug-likeness (QED) is 0.387. The number of hydrogen-bond donors (Lipinski definition) is 0. The molecule has 24 heavy (non-hydrogen) atoms. The largest absolute Gasteiger partial charge is 0.469 e. The summed E-state index contributed by atoms with van der Waals surface area (Å²) in [5.41, 5.74) is 0. The van der Waals surface area contributed by atoms with Gasteiger partial charge in [0.05, 0.1) is 6.10 Å². The first-order valence-electron chi connectivity index (χ1n) is 9.30. The molecule has 0 bridgehead atoms. The SMILES string of the molecule is CCCOC(C)CC[Si](O[Si](C)(C)C)(O[Si](C)(C)C)O[Si](C)(C)C. The second-order valence-electron chi connectivity index (χ2n) is 9.55. The number of ether oxygens (including phenoxy) is 1. The van der Waals surface area contributed by atoms with Gasteiger partial charge in [-0.3, -0.25) is 0 Å². The molecule has 0 aromatic heterocycles. The fourth-order valence-corrected chi connectivity index (χ4v) is 17.2. The van der Waals surface area contributed by atoms with Crippen molar-refractivity contribution >= 4 is 33.8 Å². The first-order chi connectivity index (χ1) is 10.6. The van der Waals surface area contributed by atoms with Gasteiger partial charge in [-0.15, -0.1) is 0 Å². The predicted octanol–water partition coefficient (Wildman–Crippen LogP) is 5.69. The van der Waals surface area contributed by atoms with Gasteiger partial charge in [-0.05, 0) is 78.7 Å². The lowest BCUT2D eigenvalue weighted by Crippen LogP contribution is -2.60. The van der Waals surface area contributed by atoms with E-state index >= 15 is 0 Å². The molecule has 8 heteroatoms. The molecule has 146 valence electrons. The van der Waals surface area contributed by atoms with Crippen molar-refractivity contribution in [1.29, 1.82) is 0 Å². The molecule has 0 N–H and O–H groups in total. The third kappa shape index (κ3) is 13.0. The third-order valence-electron chi connectivity index (χ3n) is 2.85. The minimum absolute atomic E-state index is 0.220. The van der Waals surface area contributed by atoms with Crippen LogP contribution in [-0.4, -0.2) is 46.5 Å². The zero-order valence-corrected chi connectivity index (χ0v) is 22.0. The molecule has 0 rings (SSSR count). The molecule has 0 aliphatic heterocycles. The summed E-state index contributed by atoms with van der Waals surface area (Å²) in [7, 11) is -8.02. The van der Waals surface area contributed by atoms with Gasteiger partial charge in [0.2, 0.25) is 0 Å². The third-order valence-corrected chi connectivity index (χ3v) is 14.8. The fourth-order valence-electron chi connectivity index (χ4n) is 2.40. The standard InChI is InChI=1S/C16H42O4Si4/c1-12-14-17-16(2)13-15-24(18-21(3,4)5,19-22(6,7)8)20-23(9,10)11/h16H,12-15H2,1-11H3. The van der Waals surface area contributed by atoms with Gasteiger partial charge in [-0.25, -0.2) is 0 Å². The average Bonchev–Trinajstić information content (AvgIpc) is 2.27. The zero-order valence-electron chi connectivity index (χ0n) is 18.0. The van der Waals surface area contributed by atoms with Gasteiger partial charge >= 0.3 is 8.80 Å². The van der Waals surface area contributed by atoms with Crippen molar-refractivity contribution in [2.24, 2.45) is 0 Å². The maximum atomic E-state index is 6.68. The number of hydrogen-bond acceptors (Lipinski definition) is 4. The van der Waals surface area contributed by atoms with Crippen molar-refractivity contribution in [3.05, 3.63) is 0 Å². The molecule has 0 saturated heterocycles. The topological polar surface area (TPSA) is 36.9 Å². The van der Waals surface area contributed by atoms with Gasteiger partial charge in [0.15, 0.2) is 25.0 Å². The van der Waals surface area contributed by atoms with Crippen molar-refractivity contribution in [2.75, 3.05) is 6.61 Å². The van der Waals surface area contributed by atoms with Gasteiger partial charge in [-0.1, -0.05) is 6.92 Å². The predicted molar refractivity (Wildman–Crippen MR) is 114 cm³/mol. The molecular weight excluding hydrogens is 369 g/mol. The summed E-state index contributed by atoms with van der Waals surface area (Å²) < 4.78 is 25.9. The highest BCUT2D eigenvalue weighted by Gasteiger charge is 2.49. The molecule has 0 amide bonds. The van der Waals surface area contributed by atoms with Gasteiger partial charge < -0.3 is 17.1 Å². The van der Waals surface area contributed by atoms with Crippen molar-refractivity contribution in [3.8, 4) is 0 Å². The smallest absolute Gasteiger partial charge is 0.417 e. The minimum Gasteiger partial charge on any atom is -0.417 e. The van der Waals surface area contributed by atoms with E-state index in [0.29, 0.717) is 0 Å². The van der Waals surface area contributed by atoms with Crippen LogP contribution in [0.15, 0.2) is 0 Å². The summed E-state index contributed by atoms with van der Waals surface area (Å²) in [5.74, 6) is 0. The van der Waals surface area contributed by atoms with E-state index in [1.807, 2.05) is 0 Å². The molecule has 0 fully saturated rings. The first-order valence-corrected chi connectivity index (χ1v) is 21.5. The molecule has 0 aromatic rings. The van der Waals surface area contributed by atoms with Crippen molar-refractivity contribution < 1.29 is 17.1 Å². The van der Waals surface area contributed by atoms with Crippen molar-refractivity contribution in [1.82, 2.24) is 0 Å². The van der Waals surface area contributed by atoms with E-state index < -0.39 is 33.8 Å². The highest BCUT2D eigenvalue weighted by atomic mass is 28.5. The molecule has 0 saturated carbocycles. The molecule has 0 spiro atoms. The first kappa shape index (κ1) is 24.7. The van der Waals surface area contributed by atoms with Crippen LogP contribution in [-0.2, 0) is 17.1 Å². The lowest BCUT2D eigenvalue weighted by atomic mass is 10.3. The second-order valence-corrected chi connectivity index (χ2v) is 26.5. The Hall–Kier alpha value is 0.708. The van der Waals surface area contributed by atoms with Gasteiger partial charge in [0.25, 0.3) is 0 Å². The van der Waals surface area contributed by atoms with E-state index in [4.69, 9.17) is 17.1 Å². The summed E-state index contributed by atoms with van der Waals surface area (Å²) in [5, 5.41) is 0. The van der Waals surface area contributed by atoms with Crippen LogP contribution in [0.25, 0.3) is 0 Å². The average molecular weight is 411 g/mol. The molecule has 0 aromatic carbocycles. The van der Waals surface area contributed by atoms with E-state index in [2.05, 4.69) is 72.8 Å². The van der Waals surface area contributed by atoms with Crippen LogP contribution in [0.4, 0.5) is 0 Å². The highest BCUT2D eigenvalue weighted by Crippen LogP contribution is 2.30. The molecular formula is C16H42O4Si4. The Balaban J connectivity index is 5.38. The Morgan fingerprint density at radius 2 is 1.08 bits per heavy atom. The van der Waals surface area contributed by atoms with Crippen molar-refractivity contribution in [3.63, 3.8) is 0 Å². The van der Waals surface area contributed by atoms with Crippen LogP contribution >= 0.6 is 0 Å². The Kier molecular flexibility index (Phi) is 9.87. The molecule has 1 unspecified atom stereocenters. The van der Waals surface area contributed by atoms with E-state index in [1.54, 1.807) is 0 Å². The molecule has 0 heterocycles. The summed E-state index contributed by atoms with van der Waals surface area (Å²) >= 11 is 0. The maximum absolute atomic E-state index is 6.68. The lowest BCUT2D eigenvalue weighted by Gasteiger charge is -2.43. The summed E-state index contributed by atoms with van der Waals surface area (Å²) in [4.78, 5) is 0. The summed E-state index contributed by atoms with van der Waals surface area (Å²) in [6.45, 7) is 25.2. The Morgan fingerprint density at radius 3 is 1.38 bits per heavy atom. The van der Waals surface area contributed by atoms with Crippen LogP contribution < -0.4 is 0 Å². The Bertz CT molecular complexity index is 318. The molecule has 0 radical (unpaired) electrons. The van der Waals surface area contributed by atoms with Crippen molar-refractivity contribution in [2.45, 2.75) is 97.8 Å². The monoisotopic (exact) mass is 410 g/mol. The molecule has 0 aliphatic rings. The lowest BCUT2D eigenvalue weighted by molar-refractivity contribution is 0.0612. The van der Waals surface area contributed by atoms with Gasteiger partial charge in [0.1, 0.15) is 0 Å². The highest BCUT2D eigenvalue weighted by molar-refractivity contribution is 6.90. The Labute approximate surface area is 155 Å². The molecule has 1 atom stereocenters. The van der Waals surface area contributed by atoms with Crippen LogP contribution in [0.2, 0.25) is 65.0 Å². The van der Waals surface area contributed by atoms with E-state index in [-0.39, 0.29) is 6.10 Å². The normalized spacial score (nSPS) is 15.6. The van der Waals surface area contributed by atoms with Crippen LogP contribution in [0.3, 0.4) is 0 Å². The van der Waals surface area contributed by atoms with E-state index in [9.17, 15) is 0 Å². The van der Waals surface area contributed by atoms with Crippen LogP contribution in [0.1, 0.15) is 26.7 Å².